The zero-order chi connectivity index (χ0) is 27.5. The number of aromatic nitrogens is 5. The second kappa shape index (κ2) is 13.9. The van der Waals surface area contributed by atoms with Crippen molar-refractivity contribution in [1.29, 1.82) is 0 Å². The van der Waals surface area contributed by atoms with E-state index < -0.39 is 54.0 Å². The van der Waals surface area contributed by atoms with Crippen molar-refractivity contribution in [3.63, 3.8) is 0 Å². The highest BCUT2D eigenvalue weighted by molar-refractivity contribution is 7.99. The summed E-state index contributed by atoms with van der Waals surface area (Å²) >= 11 is 1.27. The van der Waals surface area contributed by atoms with Crippen molar-refractivity contribution in [2.24, 2.45) is 12.8 Å². The van der Waals surface area contributed by atoms with E-state index >= 15 is 0 Å². The van der Waals surface area contributed by atoms with Crippen LogP contribution in [-0.4, -0.2) is 101 Å². The lowest BCUT2D eigenvalue weighted by atomic mass is 10.1. The van der Waals surface area contributed by atoms with Gasteiger partial charge in [-0.25, -0.2) is 14.2 Å². The average molecular weight is 542 g/mol. The number of carbonyl (C=O) groups is 5. The minimum atomic E-state index is -1.26. The molecule has 0 saturated carbocycles. The van der Waals surface area contributed by atoms with E-state index in [9.17, 15) is 28.8 Å². The van der Waals surface area contributed by atoms with Crippen LogP contribution < -0.4 is 27.4 Å². The van der Waals surface area contributed by atoms with Crippen LogP contribution in [-0.2, 0) is 26.2 Å². The quantitative estimate of drug-likeness (QED) is 0.120. The molecule has 0 aliphatic heterocycles. The first-order valence-electron chi connectivity index (χ1n) is 10.9. The molecule has 0 spiro atoms. The number of aliphatic carboxylic acids is 2. The van der Waals surface area contributed by atoms with Crippen LogP contribution in [0.1, 0.15) is 29.8 Å². The van der Waals surface area contributed by atoms with Crippen LogP contribution in [0.3, 0.4) is 0 Å². The Morgan fingerprint density at radius 2 is 1.92 bits per heavy atom. The summed E-state index contributed by atoms with van der Waals surface area (Å²) in [4.78, 5) is 74.2. The van der Waals surface area contributed by atoms with E-state index in [4.69, 9.17) is 15.9 Å². The first-order valence-corrected chi connectivity index (χ1v) is 12.1. The summed E-state index contributed by atoms with van der Waals surface area (Å²) in [6.45, 7) is -0.399. The van der Waals surface area contributed by atoms with Crippen LogP contribution in [0.4, 0.5) is 0 Å². The second-order valence-electron chi connectivity index (χ2n) is 7.68. The summed E-state index contributed by atoms with van der Waals surface area (Å²) in [5.74, 6) is -3.82. The first-order chi connectivity index (χ1) is 17.5. The number of carboxylic acid groups (broad SMARTS) is 2. The van der Waals surface area contributed by atoms with Gasteiger partial charge in [-0.05, 0) is 18.6 Å². The Kier molecular flexibility index (Phi) is 10.9. The van der Waals surface area contributed by atoms with E-state index in [1.807, 2.05) is 0 Å². The normalized spacial score (nSPS) is 12.5. The third kappa shape index (κ3) is 8.83. The van der Waals surface area contributed by atoms with Crippen molar-refractivity contribution in [2.75, 3.05) is 24.6 Å². The van der Waals surface area contributed by atoms with Crippen molar-refractivity contribution >= 4 is 47.1 Å². The van der Waals surface area contributed by atoms with Crippen molar-refractivity contribution < 1.29 is 34.2 Å². The summed E-state index contributed by atoms with van der Waals surface area (Å²) in [6, 6.07) is -2.29. The second-order valence-corrected chi connectivity index (χ2v) is 8.83. The van der Waals surface area contributed by atoms with Gasteiger partial charge in [-0.2, -0.15) is 16.4 Å². The number of nitrogens with one attached hydrogen (secondary N) is 3. The minimum absolute atomic E-state index is 0.0187. The van der Waals surface area contributed by atoms with Gasteiger partial charge in [0.15, 0.2) is 11.3 Å². The summed E-state index contributed by atoms with van der Waals surface area (Å²) in [6.07, 6.45) is 1.28. The van der Waals surface area contributed by atoms with E-state index in [0.717, 1.165) is 9.08 Å². The van der Waals surface area contributed by atoms with E-state index in [2.05, 4.69) is 31.2 Å². The van der Waals surface area contributed by atoms with E-state index in [0.29, 0.717) is 12.2 Å². The number of carbonyl (C=O) groups excluding carboxylic acids is 3. The highest BCUT2D eigenvalue weighted by atomic mass is 32.2. The number of nitrogens with zero attached hydrogens (tertiary/aromatic N) is 5. The highest BCUT2D eigenvalue weighted by Crippen LogP contribution is 2.07. The number of hydrogen-bond donors (Lipinski definition) is 6. The molecular formula is C19H27N9O8S. The van der Waals surface area contributed by atoms with E-state index in [1.165, 1.54) is 25.1 Å². The Balaban J connectivity index is 1.81. The molecule has 7 N–H and O–H groups in total. The number of rotatable bonds is 15. The number of hydrogen-bond acceptors (Lipinski definition) is 11. The molecule has 2 aromatic rings. The molecule has 0 saturated heterocycles. The molecule has 0 bridgehead atoms. The third-order valence-electron chi connectivity index (χ3n) is 4.81. The lowest BCUT2D eigenvalue weighted by Crippen LogP contribution is -2.49. The molecule has 18 heteroatoms. The van der Waals surface area contributed by atoms with Crippen LogP contribution >= 0.6 is 11.8 Å². The maximum atomic E-state index is 12.4. The van der Waals surface area contributed by atoms with Gasteiger partial charge < -0.3 is 31.9 Å². The number of amides is 3. The average Bonchev–Trinajstić information content (AvgIpc) is 3.29. The number of aryl methyl sites for hydroxylation is 1. The van der Waals surface area contributed by atoms with Gasteiger partial charge in [0, 0.05) is 25.8 Å². The summed E-state index contributed by atoms with van der Waals surface area (Å²) < 4.78 is 2.09. The number of nitrogens with two attached hydrogens (primary N) is 1. The lowest BCUT2D eigenvalue weighted by Gasteiger charge is -2.18. The fraction of sp³-hybridized carbons (Fsp3) is 0.526. The van der Waals surface area contributed by atoms with Crippen molar-refractivity contribution in [2.45, 2.75) is 31.3 Å². The molecule has 0 aliphatic carbocycles. The summed E-state index contributed by atoms with van der Waals surface area (Å²) in [7, 11) is 1.41. The van der Waals surface area contributed by atoms with E-state index in [-0.39, 0.29) is 36.5 Å². The fourth-order valence-corrected chi connectivity index (χ4v) is 3.83. The van der Waals surface area contributed by atoms with Crippen molar-refractivity contribution in [3.8, 4) is 0 Å². The van der Waals surface area contributed by atoms with Crippen LogP contribution in [0, 0.1) is 0 Å². The molecule has 0 aliphatic rings. The van der Waals surface area contributed by atoms with Crippen LogP contribution in [0.5, 0.6) is 0 Å². The number of thioether (sulfide) groups is 1. The van der Waals surface area contributed by atoms with Crippen molar-refractivity contribution in [1.82, 2.24) is 40.3 Å². The van der Waals surface area contributed by atoms with Gasteiger partial charge >= 0.3 is 17.6 Å². The molecule has 2 atom stereocenters. The molecule has 0 aromatic carbocycles. The van der Waals surface area contributed by atoms with Crippen LogP contribution in [0.2, 0.25) is 0 Å². The Labute approximate surface area is 213 Å². The fourth-order valence-electron chi connectivity index (χ4n) is 2.85. The largest absolute Gasteiger partial charge is 0.480 e. The third-order valence-corrected chi connectivity index (χ3v) is 5.96. The predicted molar refractivity (Wildman–Crippen MR) is 128 cm³/mol. The van der Waals surface area contributed by atoms with Gasteiger partial charge in [0.05, 0.1) is 0 Å². The molecule has 0 radical (unpaired) electrons. The Bertz CT molecular complexity index is 1210. The van der Waals surface area contributed by atoms with E-state index in [1.54, 1.807) is 0 Å². The molecule has 2 rings (SSSR count). The maximum absolute atomic E-state index is 12.4. The molecular weight excluding hydrogens is 514 g/mol. The van der Waals surface area contributed by atoms with Crippen molar-refractivity contribution in [3.05, 3.63) is 22.5 Å². The topological polar surface area (TPSA) is 253 Å². The Morgan fingerprint density at radius 1 is 1.19 bits per heavy atom. The Morgan fingerprint density at radius 3 is 2.59 bits per heavy atom. The van der Waals surface area contributed by atoms with Crippen LogP contribution in [0.25, 0.3) is 5.65 Å². The molecule has 202 valence electrons. The van der Waals surface area contributed by atoms with Crippen LogP contribution in [0.15, 0.2) is 11.1 Å². The zero-order valence-corrected chi connectivity index (χ0v) is 20.6. The van der Waals surface area contributed by atoms with Gasteiger partial charge in [0.1, 0.15) is 25.0 Å². The molecule has 1 unspecified atom stereocenters. The zero-order valence-electron chi connectivity index (χ0n) is 19.7. The minimum Gasteiger partial charge on any atom is -0.480 e. The number of carboxylic acids is 2. The molecule has 3 amide bonds. The summed E-state index contributed by atoms with van der Waals surface area (Å²) in [5.41, 5.74) is 4.82. The van der Waals surface area contributed by atoms with Gasteiger partial charge in [-0.1, -0.05) is 5.21 Å². The molecule has 17 nitrogen and oxygen atoms in total. The number of fused-ring (bicyclic) bond motifs is 1. The smallest absolute Gasteiger partial charge is 0.352 e. The maximum Gasteiger partial charge on any atom is 0.352 e. The molecule has 37 heavy (non-hydrogen) atoms. The lowest BCUT2D eigenvalue weighted by molar-refractivity contribution is -0.139. The standard InChI is InChI=1S/C19H27N9O8S/c1-27-19(36)28-9-23-14(15(28)25-26-27)17(33)21-5-2-6-37-8-11(16(32)22-7-13(30)31)24-12(29)4-3-10(20)18(34)35/h9-11H,2-8,20H2,1H3,(H,21,33)(H,22,32)(H,24,29)(H,30,31)(H,34,35)/t10?,11-/m0/s1. The Hall–Kier alpha value is -4.06. The molecule has 2 aromatic heterocycles. The molecule has 2 heterocycles. The predicted octanol–water partition coefficient (Wildman–Crippen LogP) is -3.45. The van der Waals surface area contributed by atoms with Gasteiger partial charge in [0.25, 0.3) is 5.91 Å². The van der Waals surface area contributed by atoms with Gasteiger partial charge in [-0.3, -0.25) is 24.0 Å². The first kappa shape index (κ1) is 29.2. The SMILES string of the molecule is Cn1nnc2c(C(=O)NCCCSC[C@H](NC(=O)CCC(N)C(=O)O)C(=O)NCC(=O)O)ncn2c1=O. The summed E-state index contributed by atoms with van der Waals surface area (Å²) in [5, 5.41) is 32.3. The monoisotopic (exact) mass is 541 g/mol. The highest BCUT2D eigenvalue weighted by Gasteiger charge is 2.22. The van der Waals surface area contributed by atoms with Gasteiger partial charge in [0.2, 0.25) is 11.8 Å². The number of imidazole rings is 1. The molecule has 0 fully saturated rings. The van der Waals surface area contributed by atoms with Gasteiger partial charge in [-0.15, -0.1) is 5.10 Å².